The quantitative estimate of drug-likeness (QED) is 0.562. The predicted molar refractivity (Wildman–Crippen MR) is 99.1 cm³/mol. The number of esters is 1. The first kappa shape index (κ1) is 20.6. The fourth-order valence-corrected chi connectivity index (χ4v) is 2.07. The Morgan fingerprint density at radius 3 is 2.32 bits per heavy atom. The molecule has 0 heterocycles. The Bertz CT molecular complexity index is 629. The Labute approximate surface area is 152 Å². The largest absolute Gasteiger partial charge is 0.466 e. The second-order valence-electron chi connectivity index (χ2n) is 5.47. The lowest BCUT2D eigenvalue weighted by atomic mass is 10.1. The molecule has 0 bridgehead atoms. The van der Waals surface area contributed by atoms with Gasteiger partial charge in [-0.2, -0.15) is 0 Å². The molecule has 0 radical (unpaired) electrons. The molecule has 25 heavy (non-hydrogen) atoms. The summed E-state index contributed by atoms with van der Waals surface area (Å²) in [6.07, 6.45) is 0.339. The first-order valence-corrected chi connectivity index (χ1v) is 8.28. The molecule has 0 aliphatic carbocycles. The van der Waals surface area contributed by atoms with E-state index < -0.39 is 5.97 Å². The van der Waals surface area contributed by atoms with Gasteiger partial charge in [-0.1, -0.05) is 12.1 Å². The summed E-state index contributed by atoms with van der Waals surface area (Å²) in [7, 11) is 3.42. The molecule has 0 spiro atoms. The van der Waals surface area contributed by atoms with Gasteiger partial charge in [0.15, 0.2) is 5.11 Å². The van der Waals surface area contributed by atoms with E-state index in [1.165, 1.54) is 4.90 Å². The van der Waals surface area contributed by atoms with E-state index in [-0.39, 0.29) is 36.4 Å². The molecule has 0 aliphatic rings. The predicted octanol–water partition coefficient (Wildman–Crippen LogP) is 1.47. The molecule has 0 saturated heterocycles. The van der Waals surface area contributed by atoms with E-state index in [1.807, 2.05) is 12.1 Å². The van der Waals surface area contributed by atoms with Gasteiger partial charge in [0.05, 0.1) is 19.4 Å². The molecule has 7 nitrogen and oxygen atoms in total. The van der Waals surface area contributed by atoms with Crippen molar-refractivity contribution in [3.8, 4) is 0 Å². The first-order valence-electron chi connectivity index (χ1n) is 7.87. The number of rotatable bonds is 7. The molecule has 0 unspecified atom stereocenters. The van der Waals surface area contributed by atoms with Crippen LogP contribution in [0.2, 0.25) is 0 Å². The van der Waals surface area contributed by atoms with Gasteiger partial charge in [0.2, 0.25) is 11.8 Å². The zero-order chi connectivity index (χ0) is 18.8. The van der Waals surface area contributed by atoms with Gasteiger partial charge in [-0.05, 0) is 36.8 Å². The number of ether oxygens (including phenoxy) is 1. The van der Waals surface area contributed by atoms with Gasteiger partial charge in [0.25, 0.3) is 0 Å². The van der Waals surface area contributed by atoms with Crippen LogP contribution in [0.4, 0.5) is 5.69 Å². The Hall–Kier alpha value is -2.48. The Balaban J connectivity index is 2.42. The minimum Gasteiger partial charge on any atom is -0.466 e. The van der Waals surface area contributed by atoms with Gasteiger partial charge >= 0.3 is 5.97 Å². The molecule has 1 aromatic carbocycles. The number of nitrogens with zero attached hydrogens (tertiary/aromatic N) is 1. The maximum Gasteiger partial charge on any atom is 0.306 e. The van der Waals surface area contributed by atoms with Crippen molar-refractivity contribution >= 4 is 40.8 Å². The molecular weight excluding hydrogens is 342 g/mol. The second-order valence-corrected chi connectivity index (χ2v) is 5.88. The summed E-state index contributed by atoms with van der Waals surface area (Å²) in [6.45, 7) is 2.00. The molecule has 0 fully saturated rings. The van der Waals surface area contributed by atoms with Crippen molar-refractivity contribution in [1.29, 1.82) is 0 Å². The molecule has 136 valence electrons. The minimum absolute atomic E-state index is 0.00619. The van der Waals surface area contributed by atoms with E-state index >= 15 is 0 Å². The average molecular weight is 365 g/mol. The van der Waals surface area contributed by atoms with Crippen LogP contribution in [0.1, 0.15) is 25.3 Å². The van der Waals surface area contributed by atoms with Crippen LogP contribution in [0.3, 0.4) is 0 Å². The lowest BCUT2D eigenvalue weighted by molar-refractivity contribution is -0.144. The number of nitrogens with one attached hydrogen (secondary N) is 2. The molecule has 0 atom stereocenters. The lowest BCUT2D eigenvalue weighted by Crippen LogP contribution is -2.34. The molecule has 1 aromatic rings. The number of thiocarbonyl (C=S) groups is 1. The normalized spacial score (nSPS) is 9.88. The zero-order valence-electron chi connectivity index (χ0n) is 14.6. The van der Waals surface area contributed by atoms with Crippen LogP contribution < -0.4 is 10.6 Å². The Kier molecular flexibility index (Phi) is 8.55. The number of amides is 2. The standard InChI is InChI=1S/C17H23N3O4S/c1-4-24-16(23)10-9-14(21)19-17(25)18-13-7-5-12(6-8-13)11-15(22)20(2)3/h5-8H,4,9-11H2,1-3H3,(H2,18,19,21,25). The molecule has 2 N–H and O–H groups in total. The maximum absolute atomic E-state index is 11.7. The fourth-order valence-electron chi connectivity index (χ4n) is 1.84. The van der Waals surface area contributed by atoms with Crippen LogP contribution in [-0.2, 0) is 25.5 Å². The molecule has 1 rings (SSSR count). The topological polar surface area (TPSA) is 87.7 Å². The highest BCUT2D eigenvalue weighted by molar-refractivity contribution is 7.80. The molecule has 2 amide bonds. The lowest BCUT2D eigenvalue weighted by Gasteiger charge is -2.12. The van der Waals surface area contributed by atoms with Crippen molar-refractivity contribution in [1.82, 2.24) is 10.2 Å². The molecule has 0 saturated carbocycles. The van der Waals surface area contributed by atoms with Gasteiger partial charge < -0.3 is 20.3 Å². The van der Waals surface area contributed by atoms with Crippen LogP contribution in [0.15, 0.2) is 24.3 Å². The highest BCUT2D eigenvalue weighted by atomic mass is 32.1. The van der Waals surface area contributed by atoms with Gasteiger partial charge in [0, 0.05) is 26.2 Å². The summed E-state index contributed by atoms with van der Waals surface area (Å²) in [5.41, 5.74) is 1.57. The van der Waals surface area contributed by atoms with Crippen molar-refractivity contribution in [2.75, 3.05) is 26.0 Å². The number of hydrogen-bond donors (Lipinski definition) is 2. The third-order valence-corrected chi connectivity index (χ3v) is 3.38. The smallest absolute Gasteiger partial charge is 0.306 e. The van der Waals surface area contributed by atoms with Crippen molar-refractivity contribution < 1.29 is 19.1 Å². The first-order chi connectivity index (χ1) is 11.8. The SMILES string of the molecule is CCOC(=O)CCC(=O)NC(=S)Nc1ccc(CC(=O)N(C)C)cc1. The number of hydrogen-bond acceptors (Lipinski definition) is 5. The van der Waals surface area contributed by atoms with Crippen LogP contribution in [0.25, 0.3) is 0 Å². The third-order valence-electron chi connectivity index (χ3n) is 3.18. The van der Waals surface area contributed by atoms with E-state index in [4.69, 9.17) is 17.0 Å². The van der Waals surface area contributed by atoms with Gasteiger partial charge in [0.1, 0.15) is 0 Å². The summed E-state index contributed by atoms with van der Waals surface area (Å²) in [6, 6.07) is 7.18. The molecule has 8 heteroatoms. The summed E-state index contributed by atoms with van der Waals surface area (Å²) in [5, 5.41) is 5.52. The summed E-state index contributed by atoms with van der Waals surface area (Å²) in [5.74, 6) is -0.761. The number of benzene rings is 1. The second kappa shape index (κ2) is 10.4. The molecule has 0 aromatic heterocycles. The van der Waals surface area contributed by atoms with Crippen molar-refractivity contribution in [3.05, 3.63) is 29.8 Å². The Morgan fingerprint density at radius 2 is 1.76 bits per heavy atom. The van der Waals surface area contributed by atoms with Gasteiger partial charge in [-0.25, -0.2) is 0 Å². The highest BCUT2D eigenvalue weighted by Gasteiger charge is 2.09. The number of likely N-dealkylation sites (N-methyl/N-ethyl adjacent to an activating group) is 1. The fraction of sp³-hybridized carbons (Fsp3) is 0.412. The third kappa shape index (κ3) is 8.25. The van der Waals surface area contributed by atoms with E-state index in [0.29, 0.717) is 12.1 Å². The zero-order valence-corrected chi connectivity index (χ0v) is 15.4. The minimum atomic E-state index is -0.417. The summed E-state index contributed by atoms with van der Waals surface area (Å²) < 4.78 is 4.75. The monoisotopic (exact) mass is 365 g/mol. The van der Waals surface area contributed by atoms with Crippen molar-refractivity contribution in [3.63, 3.8) is 0 Å². The maximum atomic E-state index is 11.7. The summed E-state index contributed by atoms with van der Waals surface area (Å²) in [4.78, 5) is 36.1. The van der Waals surface area contributed by atoms with Crippen LogP contribution in [0.5, 0.6) is 0 Å². The van der Waals surface area contributed by atoms with E-state index in [9.17, 15) is 14.4 Å². The number of carbonyl (C=O) groups is 3. The average Bonchev–Trinajstić information content (AvgIpc) is 2.55. The number of carbonyl (C=O) groups excluding carboxylic acids is 3. The van der Waals surface area contributed by atoms with E-state index in [1.54, 1.807) is 33.2 Å². The number of anilines is 1. The summed E-state index contributed by atoms with van der Waals surface area (Å²) >= 11 is 5.06. The highest BCUT2D eigenvalue weighted by Crippen LogP contribution is 2.10. The van der Waals surface area contributed by atoms with Crippen molar-refractivity contribution in [2.24, 2.45) is 0 Å². The van der Waals surface area contributed by atoms with Crippen LogP contribution in [0, 0.1) is 0 Å². The van der Waals surface area contributed by atoms with Gasteiger partial charge in [-0.15, -0.1) is 0 Å². The Morgan fingerprint density at radius 1 is 1.12 bits per heavy atom. The van der Waals surface area contributed by atoms with E-state index in [2.05, 4.69) is 10.6 Å². The van der Waals surface area contributed by atoms with Gasteiger partial charge in [-0.3, -0.25) is 14.4 Å². The molecule has 0 aliphatic heterocycles. The van der Waals surface area contributed by atoms with E-state index in [0.717, 1.165) is 5.56 Å². The van der Waals surface area contributed by atoms with Crippen LogP contribution in [-0.4, -0.2) is 48.5 Å². The van der Waals surface area contributed by atoms with Crippen molar-refractivity contribution in [2.45, 2.75) is 26.2 Å². The van der Waals surface area contributed by atoms with Crippen LogP contribution >= 0.6 is 12.2 Å². The molecular formula is C17H23N3O4S.